The average Bonchev–Trinajstić information content (AvgIpc) is 3.39. The lowest BCUT2D eigenvalue weighted by Gasteiger charge is -2.14. The van der Waals surface area contributed by atoms with Crippen molar-refractivity contribution in [2.45, 2.75) is 33.1 Å². The SMILES string of the molecule is COCC(=O)Nc1cc(Oc2ccc(NC(=O)Nc3cc(C(C)(C)C)nn3-c3ccc(C)cc3)c3cccnc23)ccn1. The number of rotatable bonds is 8. The van der Waals surface area contributed by atoms with Crippen molar-refractivity contribution in [1.29, 1.82) is 0 Å². The molecule has 0 unspecified atom stereocenters. The molecule has 3 heterocycles. The number of carbonyl (C=O) groups excluding carboxylic acids is 2. The number of fused-ring (bicyclic) bond motifs is 1. The van der Waals surface area contributed by atoms with Crippen molar-refractivity contribution in [2.75, 3.05) is 29.7 Å². The molecule has 0 spiro atoms. The summed E-state index contributed by atoms with van der Waals surface area (Å²) in [5.41, 5.74) is 3.69. The summed E-state index contributed by atoms with van der Waals surface area (Å²) >= 11 is 0. The van der Waals surface area contributed by atoms with Gasteiger partial charge in [-0.1, -0.05) is 38.5 Å². The van der Waals surface area contributed by atoms with Crippen molar-refractivity contribution in [1.82, 2.24) is 19.7 Å². The molecule has 220 valence electrons. The van der Waals surface area contributed by atoms with Crippen molar-refractivity contribution in [3.8, 4) is 17.2 Å². The summed E-state index contributed by atoms with van der Waals surface area (Å²) in [6.45, 7) is 8.16. The van der Waals surface area contributed by atoms with Gasteiger partial charge in [-0.3, -0.25) is 15.1 Å². The van der Waals surface area contributed by atoms with Crippen LogP contribution < -0.4 is 20.7 Å². The van der Waals surface area contributed by atoms with E-state index in [0.29, 0.717) is 39.7 Å². The van der Waals surface area contributed by atoms with E-state index in [0.717, 1.165) is 16.9 Å². The van der Waals surface area contributed by atoms with Crippen LogP contribution in [-0.4, -0.2) is 45.4 Å². The molecule has 5 rings (SSSR count). The number of nitrogens with one attached hydrogen (secondary N) is 3. The Morgan fingerprint density at radius 2 is 1.70 bits per heavy atom. The van der Waals surface area contributed by atoms with Crippen LogP contribution in [0, 0.1) is 6.92 Å². The Morgan fingerprint density at radius 1 is 0.907 bits per heavy atom. The summed E-state index contributed by atoms with van der Waals surface area (Å²) in [6.07, 6.45) is 3.18. The molecule has 0 radical (unpaired) electrons. The van der Waals surface area contributed by atoms with Crippen molar-refractivity contribution in [3.63, 3.8) is 0 Å². The fourth-order valence-corrected chi connectivity index (χ4v) is 4.31. The van der Waals surface area contributed by atoms with Crippen LogP contribution in [0.15, 0.2) is 79.1 Å². The number of anilines is 3. The van der Waals surface area contributed by atoms with Crippen molar-refractivity contribution in [2.24, 2.45) is 0 Å². The summed E-state index contributed by atoms with van der Waals surface area (Å²) in [6, 6.07) is 19.8. The highest BCUT2D eigenvalue weighted by Crippen LogP contribution is 2.34. The second-order valence-electron chi connectivity index (χ2n) is 11.0. The Morgan fingerprint density at radius 3 is 2.44 bits per heavy atom. The molecule has 3 N–H and O–H groups in total. The van der Waals surface area contributed by atoms with E-state index < -0.39 is 6.03 Å². The van der Waals surface area contributed by atoms with Crippen LogP contribution in [0.2, 0.25) is 0 Å². The van der Waals surface area contributed by atoms with E-state index in [2.05, 4.69) is 46.7 Å². The molecule has 0 saturated heterocycles. The quantitative estimate of drug-likeness (QED) is 0.193. The highest BCUT2D eigenvalue weighted by atomic mass is 16.5. The maximum absolute atomic E-state index is 13.3. The maximum Gasteiger partial charge on any atom is 0.324 e. The number of methoxy groups -OCH3 is 1. The first-order valence-corrected chi connectivity index (χ1v) is 13.7. The van der Waals surface area contributed by atoms with E-state index in [1.54, 1.807) is 41.2 Å². The number of aromatic nitrogens is 4. The van der Waals surface area contributed by atoms with Crippen molar-refractivity contribution in [3.05, 3.63) is 90.4 Å². The van der Waals surface area contributed by atoms with Crippen LogP contribution in [0.4, 0.5) is 22.1 Å². The largest absolute Gasteiger partial charge is 0.455 e. The molecule has 0 aliphatic carbocycles. The molecule has 0 saturated carbocycles. The molecule has 43 heavy (non-hydrogen) atoms. The van der Waals surface area contributed by atoms with Gasteiger partial charge in [0.25, 0.3) is 5.91 Å². The molecular weight excluding hydrogens is 546 g/mol. The van der Waals surface area contributed by atoms with Gasteiger partial charge in [-0.25, -0.2) is 14.5 Å². The Hall–Kier alpha value is -5.29. The van der Waals surface area contributed by atoms with Crippen molar-refractivity contribution < 1.29 is 19.1 Å². The normalized spacial score (nSPS) is 11.3. The van der Waals surface area contributed by atoms with E-state index >= 15 is 0 Å². The van der Waals surface area contributed by atoms with Gasteiger partial charge in [0.05, 0.1) is 17.1 Å². The third-order valence-electron chi connectivity index (χ3n) is 6.48. The molecule has 3 aromatic heterocycles. The Balaban J connectivity index is 1.38. The smallest absolute Gasteiger partial charge is 0.324 e. The van der Waals surface area contributed by atoms with Crippen LogP contribution in [0.25, 0.3) is 16.6 Å². The minimum absolute atomic E-state index is 0.0879. The summed E-state index contributed by atoms with van der Waals surface area (Å²) in [5.74, 6) is 1.46. The van der Waals surface area contributed by atoms with Gasteiger partial charge in [-0.05, 0) is 49.4 Å². The first-order chi connectivity index (χ1) is 20.6. The number of nitrogens with zero attached hydrogens (tertiary/aromatic N) is 4. The zero-order valence-electron chi connectivity index (χ0n) is 24.6. The number of benzene rings is 2. The molecule has 0 bridgehead atoms. The van der Waals surface area contributed by atoms with Gasteiger partial charge in [-0.2, -0.15) is 5.10 Å². The second-order valence-corrected chi connectivity index (χ2v) is 11.0. The van der Waals surface area contributed by atoms with Gasteiger partial charge in [-0.15, -0.1) is 0 Å². The van der Waals surface area contributed by atoms with Gasteiger partial charge < -0.3 is 20.1 Å². The zero-order valence-corrected chi connectivity index (χ0v) is 24.6. The summed E-state index contributed by atoms with van der Waals surface area (Å²) in [4.78, 5) is 33.8. The molecule has 3 amide bonds. The third kappa shape index (κ3) is 6.96. The first kappa shape index (κ1) is 29.2. The van der Waals surface area contributed by atoms with Crippen molar-refractivity contribution >= 4 is 40.2 Å². The van der Waals surface area contributed by atoms with Gasteiger partial charge in [0, 0.05) is 42.4 Å². The molecule has 5 aromatic rings. The van der Waals surface area contributed by atoms with Crippen LogP contribution in [-0.2, 0) is 14.9 Å². The predicted molar refractivity (Wildman–Crippen MR) is 166 cm³/mol. The van der Waals surface area contributed by atoms with E-state index in [-0.39, 0.29) is 17.9 Å². The first-order valence-electron chi connectivity index (χ1n) is 13.7. The van der Waals surface area contributed by atoms with Gasteiger partial charge in [0.2, 0.25) is 0 Å². The monoisotopic (exact) mass is 579 g/mol. The molecule has 0 fully saturated rings. The fraction of sp³-hybridized carbons (Fsp3) is 0.219. The number of aryl methyl sites for hydroxylation is 1. The topological polar surface area (TPSA) is 132 Å². The average molecular weight is 580 g/mol. The minimum atomic E-state index is -0.432. The fourth-order valence-electron chi connectivity index (χ4n) is 4.31. The van der Waals surface area contributed by atoms with Crippen LogP contribution in [0.3, 0.4) is 0 Å². The molecule has 0 aliphatic rings. The number of ether oxygens (including phenoxy) is 2. The third-order valence-corrected chi connectivity index (χ3v) is 6.48. The van der Waals surface area contributed by atoms with E-state index in [1.165, 1.54) is 13.3 Å². The lowest BCUT2D eigenvalue weighted by molar-refractivity contribution is -0.119. The molecule has 2 aromatic carbocycles. The predicted octanol–water partition coefficient (Wildman–Crippen LogP) is 6.44. The maximum atomic E-state index is 13.3. The standard InChI is InChI=1S/C32H33N7O4/c1-20-8-10-21(11-9-20)39-28(18-26(38-39)32(2,3)4)37-31(41)35-24-12-13-25(30-23(24)7-6-15-34-30)43-22-14-16-33-27(17-22)36-29(40)19-42-5/h6-18H,19H2,1-5H3,(H,33,36,40)(H2,35,37,41). The Kier molecular flexibility index (Phi) is 8.35. The summed E-state index contributed by atoms with van der Waals surface area (Å²) in [7, 11) is 1.44. The zero-order chi connectivity index (χ0) is 30.6. The van der Waals surface area contributed by atoms with E-state index in [9.17, 15) is 9.59 Å². The second kappa shape index (κ2) is 12.3. The lowest BCUT2D eigenvalue weighted by atomic mass is 9.92. The number of carbonyl (C=O) groups is 2. The van der Waals surface area contributed by atoms with Gasteiger partial charge in [0.1, 0.15) is 29.5 Å². The molecule has 11 nitrogen and oxygen atoms in total. The highest BCUT2D eigenvalue weighted by molar-refractivity contribution is 6.06. The summed E-state index contributed by atoms with van der Waals surface area (Å²) < 4.78 is 12.7. The number of hydrogen-bond acceptors (Lipinski definition) is 7. The molecule has 11 heteroatoms. The van der Waals surface area contributed by atoms with Crippen LogP contribution in [0.5, 0.6) is 11.5 Å². The minimum Gasteiger partial charge on any atom is -0.455 e. The number of amides is 3. The molecular formula is C32H33N7O4. The van der Waals surface area contributed by atoms with E-state index in [4.69, 9.17) is 14.6 Å². The van der Waals surface area contributed by atoms with Crippen LogP contribution >= 0.6 is 0 Å². The van der Waals surface area contributed by atoms with Gasteiger partial charge in [0.15, 0.2) is 5.75 Å². The Bertz CT molecular complexity index is 1780. The summed E-state index contributed by atoms with van der Waals surface area (Å²) in [5, 5.41) is 14.0. The Labute approximate surface area is 249 Å². The lowest BCUT2D eigenvalue weighted by Crippen LogP contribution is -2.21. The van der Waals surface area contributed by atoms with E-state index in [1.807, 2.05) is 43.3 Å². The number of hydrogen-bond donors (Lipinski definition) is 3. The molecule has 0 aliphatic heterocycles. The highest BCUT2D eigenvalue weighted by Gasteiger charge is 2.22. The van der Waals surface area contributed by atoms with Gasteiger partial charge >= 0.3 is 6.03 Å². The van der Waals surface area contributed by atoms with Crippen LogP contribution in [0.1, 0.15) is 32.0 Å². The number of urea groups is 1. The number of pyridine rings is 2. The molecule has 0 atom stereocenters.